The Labute approximate surface area is 185 Å². The van der Waals surface area contributed by atoms with Crippen LogP contribution in [0.3, 0.4) is 0 Å². The molecule has 0 unspecified atom stereocenters. The number of carbonyl (C=O) groups is 1. The van der Waals surface area contributed by atoms with Crippen LogP contribution >= 0.6 is 0 Å². The molecule has 32 heavy (non-hydrogen) atoms. The molecule has 5 rings (SSSR count). The smallest absolute Gasteiger partial charge is 0.253 e. The number of carbonyl (C=O) groups excluding carboxylic acids is 1. The minimum absolute atomic E-state index is 0.0248. The summed E-state index contributed by atoms with van der Waals surface area (Å²) in [7, 11) is 0. The number of amides is 1. The summed E-state index contributed by atoms with van der Waals surface area (Å²) in [6, 6.07) is 15.2. The maximum Gasteiger partial charge on any atom is 0.253 e. The van der Waals surface area contributed by atoms with Gasteiger partial charge >= 0.3 is 0 Å². The molecule has 0 aliphatic carbocycles. The van der Waals surface area contributed by atoms with E-state index in [0.717, 1.165) is 36.5 Å². The van der Waals surface area contributed by atoms with Crippen LogP contribution in [0.2, 0.25) is 0 Å². The van der Waals surface area contributed by atoms with Crippen molar-refractivity contribution in [2.45, 2.75) is 20.0 Å². The highest BCUT2D eigenvalue weighted by molar-refractivity contribution is 5.94. The largest absolute Gasteiger partial charge is 0.485 e. The molecule has 164 valence electrons. The number of nitrogens with zero attached hydrogens (tertiary/aromatic N) is 5. The van der Waals surface area contributed by atoms with Crippen molar-refractivity contribution in [3.63, 3.8) is 0 Å². The van der Waals surface area contributed by atoms with Crippen LogP contribution in [0, 0.1) is 6.92 Å². The SMILES string of the molecule is Cc1nc(COc2ccc(C(=O)N3CCCN(c4nc5ccccc5[nH]4)CC3)cc2)no1. The molecule has 4 aromatic rings. The van der Waals surface area contributed by atoms with E-state index >= 15 is 0 Å². The normalized spacial score (nSPS) is 14.5. The van der Waals surface area contributed by atoms with E-state index in [2.05, 4.69) is 20.0 Å². The molecular weight excluding hydrogens is 408 g/mol. The molecule has 9 heteroatoms. The van der Waals surface area contributed by atoms with Gasteiger partial charge in [0, 0.05) is 38.7 Å². The summed E-state index contributed by atoms with van der Waals surface area (Å²) >= 11 is 0. The summed E-state index contributed by atoms with van der Waals surface area (Å²) in [6.07, 6.45) is 0.883. The maximum absolute atomic E-state index is 13.0. The third kappa shape index (κ3) is 4.27. The number of rotatable bonds is 5. The fraction of sp³-hybridized carbons (Fsp3) is 0.304. The second kappa shape index (κ2) is 8.70. The number of H-pyrrole nitrogens is 1. The van der Waals surface area contributed by atoms with Crippen molar-refractivity contribution in [3.8, 4) is 5.75 Å². The number of benzene rings is 2. The van der Waals surface area contributed by atoms with Crippen molar-refractivity contribution in [1.82, 2.24) is 25.0 Å². The Morgan fingerprint density at radius 2 is 1.91 bits per heavy atom. The van der Waals surface area contributed by atoms with E-state index in [1.165, 1.54) is 0 Å². The van der Waals surface area contributed by atoms with Crippen molar-refractivity contribution >= 4 is 22.9 Å². The first kappa shape index (κ1) is 20.0. The third-order valence-corrected chi connectivity index (χ3v) is 5.50. The van der Waals surface area contributed by atoms with Gasteiger partial charge in [0.25, 0.3) is 5.91 Å². The van der Waals surface area contributed by atoms with Crippen LogP contribution in [0.1, 0.15) is 28.5 Å². The van der Waals surface area contributed by atoms with Crippen molar-refractivity contribution in [1.29, 1.82) is 0 Å². The van der Waals surface area contributed by atoms with Gasteiger partial charge in [-0.2, -0.15) is 4.98 Å². The molecule has 0 atom stereocenters. The number of imidazole rings is 1. The number of para-hydroxylation sites is 2. The van der Waals surface area contributed by atoms with E-state index in [-0.39, 0.29) is 12.5 Å². The average Bonchev–Trinajstić information content (AvgIpc) is 3.36. The molecule has 1 fully saturated rings. The Hall–Kier alpha value is -3.88. The van der Waals surface area contributed by atoms with Crippen molar-refractivity contribution in [2.75, 3.05) is 31.1 Å². The zero-order valence-corrected chi connectivity index (χ0v) is 17.8. The third-order valence-electron chi connectivity index (χ3n) is 5.50. The van der Waals surface area contributed by atoms with Crippen molar-refractivity contribution < 1.29 is 14.1 Å². The molecule has 3 heterocycles. The van der Waals surface area contributed by atoms with E-state index in [1.807, 2.05) is 29.2 Å². The van der Waals surface area contributed by atoms with Gasteiger partial charge in [-0.15, -0.1) is 0 Å². The zero-order chi connectivity index (χ0) is 21.9. The Morgan fingerprint density at radius 3 is 2.69 bits per heavy atom. The van der Waals surface area contributed by atoms with Crippen LogP contribution in [0.15, 0.2) is 53.1 Å². The summed E-state index contributed by atoms with van der Waals surface area (Å²) in [6.45, 7) is 4.89. The van der Waals surface area contributed by atoms with Gasteiger partial charge in [0.2, 0.25) is 17.7 Å². The van der Waals surface area contributed by atoms with Gasteiger partial charge in [-0.1, -0.05) is 17.3 Å². The lowest BCUT2D eigenvalue weighted by Crippen LogP contribution is -2.35. The summed E-state index contributed by atoms with van der Waals surface area (Å²) < 4.78 is 10.6. The van der Waals surface area contributed by atoms with Crippen LogP contribution in [0.4, 0.5) is 5.95 Å². The second-order valence-electron chi connectivity index (χ2n) is 7.75. The highest BCUT2D eigenvalue weighted by Crippen LogP contribution is 2.20. The van der Waals surface area contributed by atoms with E-state index in [0.29, 0.717) is 36.1 Å². The van der Waals surface area contributed by atoms with E-state index < -0.39 is 0 Å². The Balaban J connectivity index is 1.19. The van der Waals surface area contributed by atoms with Crippen LogP contribution in [-0.4, -0.2) is 57.1 Å². The van der Waals surface area contributed by atoms with Gasteiger partial charge in [0.1, 0.15) is 5.75 Å². The Morgan fingerprint density at radius 1 is 1.06 bits per heavy atom. The van der Waals surface area contributed by atoms with E-state index in [4.69, 9.17) is 14.2 Å². The number of hydrogen-bond acceptors (Lipinski definition) is 7. The van der Waals surface area contributed by atoms with Crippen LogP contribution < -0.4 is 9.64 Å². The minimum Gasteiger partial charge on any atom is -0.485 e. The van der Waals surface area contributed by atoms with Gasteiger partial charge in [-0.3, -0.25) is 4.79 Å². The lowest BCUT2D eigenvalue weighted by molar-refractivity contribution is 0.0767. The predicted molar refractivity (Wildman–Crippen MR) is 119 cm³/mol. The van der Waals surface area contributed by atoms with Crippen LogP contribution in [0.5, 0.6) is 5.75 Å². The van der Waals surface area contributed by atoms with E-state index in [9.17, 15) is 4.79 Å². The molecule has 9 nitrogen and oxygen atoms in total. The van der Waals surface area contributed by atoms with Crippen molar-refractivity contribution in [3.05, 3.63) is 65.8 Å². The van der Waals surface area contributed by atoms with Gasteiger partial charge in [0.15, 0.2) is 6.61 Å². The monoisotopic (exact) mass is 432 g/mol. The summed E-state index contributed by atoms with van der Waals surface area (Å²) in [5, 5.41) is 3.80. The molecule has 0 radical (unpaired) electrons. The molecule has 2 aromatic carbocycles. The highest BCUT2D eigenvalue weighted by Gasteiger charge is 2.22. The Kier molecular flexibility index (Phi) is 5.45. The minimum atomic E-state index is 0.0248. The van der Waals surface area contributed by atoms with E-state index in [1.54, 1.807) is 31.2 Å². The van der Waals surface area contributed by atoms with Gasteiger partial charge in [-0.05, 0) is 42.8 Å². The summed E-state index contributed by atoms with van der Waals surface area (Å²) in [4.78, 5) is 29.3. The van der Waals surface area contributed by atoms with Crippen molar-refractivity contribution in [2.24, 2.45) is 0 Å². The molecular formula is C23H24N6O3. The molecule has 1 amide bonds. The molecule has 0 saturated carbocycles. The average molecular weight is 432 g/mol. The molecule has 0 bridgehead atoms. The molecule has 0 spiro atoms. The summed E-state index contributed by atoms with van der Waals surface area (Å²) in [5.74, 6) is 2.52. The summed E-state index contributed by atoms with van der Waals surface area (Å²) in [5.41, 5.74) is 2.62. The second-order valence-corrected chi connectivity index (χ2v) is 7.75. The quantitative estimate of drug-likeness (QED) is 0.517. The number of anilines is 1. The maximum atomic E-state index is 13.0. The lowest BCUT2D eigenvalue weighted by Gasteiger charge is -2.22. The first-order chi connectivity index (χ1) is 15.7. The molecule has 1 aliphatic rings. The standard InChI is InChI=1S/C23H24N6O3/c1-16-24-21(27-32-16)15-31-18-9-7-17(8-10-18)22(30)28-11-4-12-29(14-13-28)23-25-19-5-2-3-6-20(19)26-23/h2-3,5-10H,4,11-15H2,1H3,(H,25,26). The molecule has 2 aromatic heterocycles. The predicted octanol–water partition coefficient (Wildman–Crippen LogP) is 3.19. The number of nitrogens with one attached hydrogen (secondary N) is 1. The van der Waals surface area contributed by atoms with Gasteiger partial charge in [-0.25, -0.2) is 4.98 Å². The zero-order valence-electron chi connectivity index (χ0n) is 17.8. The first-order valence-corrected chi connectivity index (χ1v) is 10.7. The van der Waals surface area contributed by atoms with Gasteiger partial charge in [0.05, 0.1) is 11.0 Å². The number of aromatic amines is 1. The fourth-order valence-electron chi connectivity index (χ4n) is 3.85. The topological polar surface area (TPSA) is 100 Å². The number of fused-ring (bicyclic) bond motifs is 1. The molecule has 1 aliphatic heterocycles. The number of ether oxygens (including phenoxy) is 1. The lowest BCUT2D eigenvalue weighted by atomic mass is 10.2. The number of aromatic nitrogens is 4. The highest BCUT2D eigenvalue weighted by atomic mass is 16.5. The molecule has 1 N–H and O–H groups in total. The Bertz CT molecular complexity index is 1180. The number of aryl methyl sites for hydroxylation is 1. The fourth-order valence-corrected chi connectivity index (χ4v) is 3.85. The van der Waals surface area contributed by atoms with Gasteiger partial charge < -0.3 is 24.0 Å². The molecule has 1 saturated heterocycles. The van der Waals surface area contributed by atoms with Crippen LogP contribution in [0.25, 0.3) is 11.0 Å². The van der Waals surface area contributed by atoms with Crippen LogP contribution in [-0.2, 0) is 6.61 Å². The number of hydrogen-bond donors (Lipinski definition) is 1. The first-order valence-electron chi connectivity index (χ1n) is 10.7.